The molecule has 2 aromatic rings. The van der Waals surface area contributed by atoms with Crippen LogP contribution in [0.15, 0.2) is 0 Å². The van der Waals surface area contributed by atoms with E-state index in [1.54, 1.807) is 11.6 Å². The minimum atomic E-state index is -2.77. The maximum atomic E-state index is 12.8. The minimum Gasteiger partial charge on any atom is -0.354 e. The molecule has 25 heavy (non-hydrogen) atoms. The van der Waals surface area contributed by atoms with E-state index in [2.05, 4.69) is 15.5 Å². The smallest absolute Gasteiger partial charge is 0.283 e. The summed E-state index contributed by atoms with van der Waals surface area (Å²) in [5, 5.41) is 11.3. The van der Waals surface area contributed by atoms with Crippen LogP contribution in [0.5, 0.6) is 0 Å². The summed E-state index contributed by atoms with van der Waals surface area (Å²) in [6, 6.07) is 0. The third-order valence-corrected chi connectivity index (χ3v) is 4.83. The molecule has 0 aromatic carbocycles. The summed E-state index contributed by atoms with van der Waals surface area (Å²) in [5.41, 5.74) is 1.48. The number of rotatable bonds is 7. The molecule has 0 aliphatic rings. The highest BCUT2D eigenvalue weighted by atomic mass is 35.5. The van der Waals surface area contributed by atoms with Gasteiger partial charge in [-0.1, -0.05) is 23.2 Å². The van der Waals surface area contributed by atoms with Crippen LogP contribution >= 0.6 is 23.2 Å². The first-order valence-corrected chi connectivity index (χ1v) is 8.45. The summed E-state index contributed by atoms with van der Waals surface area (Å²) < 4.78 is 28.5. The molecule has 2 aromatic heterocycles. The van der Waals surface area contributed by atoms with Gasteiger partial charge in [0.05, 0.1) is 27.1 Å². The number of hydrogen-bond donors (Lipinski definition) is 1. The third kappa shape index (κ3) is 4.49. The predicted octanol–water partition coefficient (Wildman–Crippen LogP) is 3.46. The third-order valence-electron chi connectivity index (χ3n) is 3.82. The van der Waals surface area contributed by atoms with Gasteiger partial charge in [0.1, 0.15) is 12.2 Å². The fourth-order valence-corrected chi connectivity index (χ4v) is 2.74. The number of halogens is 4. The molecule has 0 saturated heterocycles. The average molecular weight is 394 g/mol. The van der Waals surface area contributed by atoms with Gasteiger partial charge in [-0.3, -0.25) is 14.2 Å². The summed E-state index contributed by atoms with van der Waals surface area (Å²) in [6.45, 7) is 6.13. The Labute approximate surface area is 154 Å². The summed E-state index contributed by atoms with van der Waals surface area (Å²) in [5.74, 6) is -0.325. The molecule has 1 N–H and O–H groups in total. The average Bonchev–Trinajstić information content (AvgIpc) is 2.97. The molecular weight excluding hydrogens is 375 g/mol. The number of nitrogens with one attached hydrogen (secondary N) is 1. The van der Waals surface area contributed by atoms with Gasteiger partial charge in [-0.15, -0.1) is 0 Å². The highest BCUT2D eigenvalue weighted by molar-refractivity contribution is 6.32. The summed E-state index contributed by atoms with van der Waals surface area (Å²) in [7, 11) is 0. The van der Waals surface area contributed by atoms with Crippen molar-refractivity contribution in [1.82, 2.24) is 24.9 Å². The van der Waals surface area contributed by atoms with Crippen molar-refractivity contribution in [2.75, 3.05) is 6.54 Å². The maximum absolute atomic E-state index is 12.8. The molecule has 0 bridgehead atoms. The predicted molar refractivity (Wildman–Crippen MR) is 91.3 cm³/mol. The van der Waals surface area contributed by atoms with E-state index in [4.69, 9.17) is 23.2 Å². The maximum Gasteiger partial charge on any atom is 0.283 e. The van der Waals surface area contributed by atoms with Crippen LogP contribution in [0.1, 0.15) is 35.6 Å². The SMILES string of the molecule is Cc1nn(CCCNC(=O)Cn2nc(C(F)F)c(Cl)c2C)c(C)c1Cl. The van der Waals surface area contributed by atoms with Crippen molar-refractivity contribution in [3.63, 3.8) is 0 Å². The first-order chi connectivity index (χ1) is 11.7. The number of aryl methyl sites for hydroxylation is 2. The van der Waals surface area contributed by atoms with Gasteiger partial charge in [0.2, 0.25) is 5.91 Å². The highest BCUT2D eigenvalue weighted by Crippen LogP contribution is 2.28. The van der Waals surface area contributed by atoms with Gasteiger partial charge in [0, 0.05) is 13.1 Å². The molecule has 0 atom stereocenters. The van der Waals surface area contributed by atoms with Crippen LogP contribution in [0.3, 0.4) is 0 Å². The van der Waals surface area contributed by atoms with Crippen molar-refractivity contribution in [3.8, 4) is 0 Å². The quantitative estimate of drug-likeness (QED) is 0.732. The Morgan fingerprint density at radius 2 is 1.76 bits per heavy atom. The lowest BCUT2D eigenvalue weighted by atomic mass is 10.3. The topological polar surface area (TPSA) is 64.7 Å². The minimum absolute atomic E-state index is 0.107. The Hall–Kier alpha value is -1.67. The molecule has 1 amide bonds. The second kappa shape index (κ2) is 8.14. The van der Waals surface area contributed by atoms with E-state index in [0.717, 1.165) is 11.4 Å². The van der Waals surface area contributed by atoms with Crippen molar-refractivity contribution >= 4 is 29.1 Å². The molecular formula is C15H19Cl2F2N5O. The van der Waals surface area contributed by atoms with E-state index in [-0.39, 0.29) is 17.5 Å². The Morgan fingerprint density at radius 1 is 1.12 bits per heavy atom. The van der Waals surface area contributed by atoms with Crippen LogP contribution in [0, 0.1) is 20.8 Å². The van der Waals surface area contributed by atoms with Crippen molar-refractivity contribution in [2.45, 2.75) is 46.7 Å². The molecule has 138 valence electrons. The van der Waals surface area contributed by atoms with Gasteiger partial charge in [-0.2, -0.15) is 10.2 Å². The van der Waals surface area contributed by atoms with E-state index in [0.29, 0.717) is 30.2 Å². The number of aromatic nitrogens is 4. The number of amides is 1. The molecule has 0 aliphatic heterocycles. The van der Waals surface area contributed by atoms with Crippen molar-refractivity contribution in [1.29, 1.82) is 0 Å². The normalized spacial score (nSPS) is 11.4. The van der Waals surface area contributed by atoms with E-state index >= 15 is 0 Å². The van der Waals surface area contributed by atoms with Gasteiger partial charge < -0.3 is 5.32 Å². The summed E-state index contributed by atoms with van der Waals surface area (Å²) >= 11 is 11.9. The Kier molecular flexibility index (Phi) is 6.40. The van der Waals surface area contributed by atoms with Gasteiger partial charge in [0.25, 0.3) is 6.43 Å². The van der Waals surface area contributed by atoms with Gasteiger partial charge in [0.15, 0.2) is 0 Å². The molecule has 2 rings (SSSR count). The zero-order valence-electron chi connectivity index (χ0n) is 14.1. The molecule has 0 radical (unpaired) electrons. The first-order valence-electron chi connectivity index (χ1n) is 7.69. The van der Waals surface area contributed by atoms with Crippen LogP contribution in [0.25, 0.3) is 0 Å². The molecule has 0 spiro atoms. The van der Waals surface area contributed by atoms with Crippen molar-refractivity contribution in [3.05, 3.63) is 32.8 Å². The number of alkyl halides is 2. The molecule has 10 heteroatoms. The van der Waals surface area contributed by atoms with Crippen LogP contribution in [0.4, 0.5) is 8.78 Å². The first kappa shape index (κ1) is 19.7. The van der Waals surface area contributed by atoms with Crippen molar-refractivity contribution < 1.29 is 13.6 Å². The Bertz CT molecular complexity index is 773. The second-order valence-electron chi connectivity index (χ2n) is 5.65. The van der Waals surface area contributed by atoms with Gasteiger partial charge in [-0.25, -0.2) is 8.78 Å². The fraction of sp³-hybridized carbons (Fsp3) is 0.533. The number of nitrogens with zero attached hydrogens (tertiary/aromatic N) is 4. The second-order valence-corrected chi connectivity index (χ2v) is 6.41. The lowest BCUT2D eigenvalue weighted by molar-refractivity contribution is -0.121. The van der Waals surface area contributed by atoms with Crippen molar-refractivity contribution in [2.24, 2.45) is 0 Å². The molecule has 6 nitrogen and oxygen atoms in total. The van der Waals surface area contributed by atoms with Crippen LogP contribution in [-0.4, -0.2) is 32.0 Å². The Balaban J connectivity index is 1.83. The molecule has 2 heterocycles. The lowest BCUT2D eigenvalue weighted by Gasteiger charge is -2.08. The monoisotopic (exact) mass is 393 g/mol. The van der Waals surface area contributed by atoms with Crippen LogP contribution < -0.4 is 5.32 Å². The summed E-state index contributed by atoms with van der Waals surface area (Å²) in [6.07, 6.45) is -2.12. The zero-order chi connectivity index (χ0) is 18.7. The summed E-state index contributed by atoms with van der Waals surface area (Å²) in [4.78, 5) is 11.9. The zero-order valence-corrected chi connectivity index (χ0v) is 15.6. The highest BCUT2D eigenvalue weighted by Gasteiger charge is 2.21. The Morgan fingerprint density at radius 3 is 2.28 bits per heavy atom. The number of hydrogen-bond acceptors (Lipinski definition) is 3. The van der Waals surface area contributed by atoms with E-state index in [1.807, 2.05) is 13.8 Å². The molecule has 0 aliphatic carbocycles. The van der Waals surface area contributed by atoms with E-state index in [9.17, 15) is 13.6 Å². The largest absolute Gasteiger partial charge is 0.354 e. The number of carbonyl (C=O) groups is 1. The van der Waals surface area contributed by atoms with Crippen LogP contribution in [0.2, 0.25) is 10.0 Å². The van der Waals surface area contributed by atoms with E-state index in [1.165, 1.54) is 4.68 Å². The molecule has 0 unspecified atom stereocenters. The lowest BCUT2D eigenvalue weighted by Crippen LogP contribution is -2.29. The standard InChI is InChI=1S/C15H19Cl2F2N5O/c1-8-12(16)9(2)23(21-8)6-4-5-20-11(25)7-24-10(3)13(17)14(22-24)15(18)19/h15H,4-7H2,1-3H3,(H,20,25). The molecule has 0 saturated carbocycles. The molecule has 0 fully saturated rings. The van der Waals surface area contributed by atoms with Gasteiger partial charge in [-0.05, 0) is 27.2 Å². The van der Waals surface area contributed by atoms with E-state index < -0.39 is 12.1 Å². The number of carbonyl (C=O) groups excluding carboxylic acids is 1. The van der Waals surface area contributed by atoms with Gasteiger partial charge >= 0.3 is 0 Å². The van der Waals surface area contributed by atoms with Crippen LogP contribution in [-0.2, 0) is 17.9 Å². The fourth-order valence-electron chi connectivity index (χ4n) is 2.38.